The number of nitrogens with two attached hydrogens (primary N) is 1. The number of rotatable bonds is 2. The second-order valence-electron chi connectivity index (χ2n) is 3.97. The lowest BCUT2D eigenvalue weighted by Crippen LogP contribution is -1.92. The molecule has 3 rings (SSSR count). The molecule has 0 radical (unpaired) electrons. The van der Waals surface area contributed by atoms with Gasteiger partial charge in [0.15, 0.2) is 0 Å². The number of nitrogens with zero attached hydrogens (tertiary/aromatic N) is 1. The largest absolute Gasteiger partial charge is 0.399 e. The summed E-state index contributed by atoms with van der Waals surface area (Å²) in [5.41, 5.74) is 9.23. The zero-order chi connectivity index (χ0) is 12.5. The zero-order valence-corrected chi connectivity index (χ0v) is 11.0. The number of fused-ring (bicyclic) bond motifs is 1. The highest BCUT2D eigenvalue weighted by Gasteiger charge is 2.04. The topological polar surface area (TPSA) is 66.7 Å². The number of imidazole rings is 1. The number of aromatic amines is 1. The fraction of sp³-hybridized carbons (Fsp3) is 0. The van der Waals surface area contributed by atoms with Crippen molar-refractivity contribution in [2.45, 2.75) is 0 Å². The van der Waals surface area contributed by atoms with E-state index in [1.165, 1.54) is 0 Å². The summed E-state index contributed by atoms with van der Waals surface area (Å²) in [7, 11) is 0. The summed E-state index contributed by atoms with van der Waals surface area (Å²) < 4.78 is 0.991. The number of hydrogen-bond acceptors (Lipinski definition) is 3. The predicted octanol–water partition coefficient (Wildman–Crippen LogP) is 3.65. The van der Waals surface area contributed by atoms with Crippen LogP contribution < -0.4 is 11.1 Å². The number of nitrogens with one attached hydrogen (secondary N) is 2. The highest BCUT2D eigenvalue weighted by molar-refractivity contribution is 9.10. The van der Waals surface area contributed by atoms with Gasteiger partial charge in [-0.05, 0) is 46.3 Å². The molecule has 1 heterocycles. The van der Waals surface area contributed by atoms with Gasteiger partial charge < -0.3 is 16.0 Å². The number of halogens is 1. The molecule has 0 spiro atoms. The minimum Gasteiger partial charge on any atom is -0.399 e. The molecule has 18 heavy (non-hydrogen) atoms. The normalized spacial score (nSPS) is 10.7. The van der Waals surface area contributed by atoms with Crippen molar-refractivity contribution in [1.82, 2.24) is 9.97 Å². The molecule has 1 aromatic heterocycles. The van der Waals surface area contributed by atoms with E-state index in [0.29, 0.717) is 5.95 Å². The van der Waals surface area contributed by atoms with E-state index in [-0.39, 0.29) is 0 Å². The summed E-state index contributed by atoms with van der Waals surface area (Å²) in [5.74, 6) is 0.697. The van der Waals surface area contributed by atoms with Crippen LogP contribution in [0, 0.1) is 0 Å². The van der Waals surface area contributed by atoms with Crippen molar-refractivity contribution in [2.75, 3.05) is 11.1 Å². The molecule has 0 unspecified atom stereocenters. The first-order chi connectivity index (χ1) is 8.72. The summed E-state index contributed by atoms with van der Waals surface area (Å²) in [6, 6.07) is 13.5. The van der Waals surface area contributed by atoms with Gasteiger partial charge in [-0.1, -0.05) is 12.1 Å². The van der Waals surface area contributed by atoms with Gasteiger partial charge in [0.1, 0.15) is 0 Å². The fourth-order valence-electron chi connectivity index (χ4n) is 1.78. The molecule has 0 amide bonds. The lowest BCUT2D eigenvalue weighted by atomic mass is 10.3. The second kappa shape index (κ2) is 4.34. The first-order valence-corrected chi connectivity index (χ1v) is 6.28. The summed E-state index contributed by atoms with van der Waals surface area (Å²) >= 11 is 3.49. The number of anilines is 3. The van der Waals surface area contributed by atoms with Gasteiger partial charge in [-0.3, -0.25) is 0 Å². The van der Waals surface area contributed by atoms with Gasteiger partial charge >= 0.3 is 0 Å². The molecule has 5 heteroatoms. The molecule has 0 aliphatic heterocycles. The Bertz CT molecular complexity index is 705. The van der Waals surface area contributed by atoms with Crippen LogP contribution in [-0.2, 0) is 0 Å². The van der Waals surface area contributed by atoms with Gasteiger partial charge in [0, 0.05) is 10.2 Å². The van der Waals surface area contributed by atoms with Crippen molar-refractivity contribution < 1.29 is 0 Å². The van der Waals surface area contributed by atoms with Crippen molar-refractivity contribution in [3.05, 3.63) is 46.9 Å². The lowest BCUT2D eigenvalue weighted by Gasteiger charge is -2.04. The maximum atomic E-state index is 5.73. The molecule has 0 saturated heterocycles. The SMILES string of the molecule is Nc1ccc2nc(Nc3ccccc3Br)[nH]c2c1. The van der Waals surface area contributed by atoms with E-state index in [2.05, 4.69) is 31.2 Å². The third-order valence-electron chi connectivity index (χ3n) is 2.63. The van der Waals surface area contributed by atoms with Gasteiger partial charge in [-0.2, -0.15) is 0 Å². The molecular weight excluding hydrogens is 292 g/mol. The average molecular weight is 303 g/mol. The number of H-pyrrole nitrogens is 1. The number of aromatic nitrogens is 2. The van der Waals surface area contributed by atoms with Crippen LogP contribution in [0.5, 0.6) is 0 Å². The Morgan fingerprint density at radius 3 is 2.83 bits per heavy atom. The Kier molecular flexibility index (Phi) is 2.68. The van der Waals surface area contributed by atoms with Gasteiger partial charge in [0.2, 0.25) is 5.95 Å². The number of nitrogen functional groups attached to an aromatic ring is 1. The fourth-order valence-corrected chi connectivity index (χ4v) is 2.16. The third kappa shape index (κ3) is 2.04. The third-order valence-corrected chi connectivity index (χ3v) is 3.32. The van der Waals surface area contributed by atoms with E-state index >= 15 is 0 Å². The molecule has 0 saturated carbocycles. The molecule has 0 fully saturated rings. The van der Waals surface area contributed by atoms with Gasteiger partial charge in [0.05, 0.1) is 16.7 Å². The van der Waals surface area contributed by atoms with Crippen LogP contribution in [-0.4, -0.2) is 9.97 Å². The summed E-state index contributed by atoms with van der Waals surface area (Å²) in [6.45, 7) is 0. The Morgan fingerprint density at radius 2 is 2.00 bits per heavy atom. The molecule has 0 aliphatic carbocycles. The Labute approximate surface area is 112 Å². The van der Waals surface area contributed by atoms with E-state index in [9.17, 15) is 0 Å². The molecule has 0 aliphatic rings. The Hall–Kier alpha value is -2.01. The Morgan fingerprint density at radius 1 is 1.17 bits per heavy atom. The molecule has 4 N–H and O–H groups in total. The quantitative estimate of drug-likeness (QED) is 0.633. The minimum absolute atomic E-state index is 0.697. The predicted molar refractivity (Wildman–Crippen MR) is 77.9 cm³/mol. The van der Waals surface area contributed by atoms with Crippen molar-refractivity contribution in [1.29, 1.82) is 0 Å². The van der Waals surface area contributed by atoms with E-state index < -0.39 is 0 Å². The smallest absolute Gasteiger partial charge is 0.205 e. The molecule has 2 aromatic carbocycles. The highest BCUT2D eigenvalue weighted by atomic mass is 79.9. The van der Waals surface area contributed by atoms with Crippen LogP contribution in [0.4, 0.5) is 17.3 Å². The summed E-state index contributed by atoms with van der Waals surface area (Å²) in [5, 5.41) is 3.23. The van der Waals surface area contributed by atoms with Gasteiger partial charge in [-0.15, -0.1) is 0 Å². The second-order valence-corrected chi connectivity index (χ2v) is 4.82. The van der Waals surface area contributed by atoms with E-state index in [0.717, 1.165) is 26.9 Å². The van der Waals surface area contributed by atoms with Crippen molar-refractivity contribution >= 4 is 44.3 Å². The molecule has 90 valence electrons. The molecular formula is C13H11BrN4. The first-order valence-electron chi connectivity index (χ1n) is 5.49. The maximum Gasteiger partial charge on any atom is 0.205 e. The van der Waals surface area contributed by atoms with Crippen molar-refractivity contribution in [3.63, 3.8) is 0 Å². The molecule has 3 aromatic rings. The van der Waals surface area contributed by atoms with E-state index in [1.54, 1.807) is 0 Å². The number of hydrogen-bond donors (Lipinski definition) is 3. The molecule has 4 nitrogen and oxygen atoms in total. The zero-order valence-electron chi connectivity index (χ0n) is 9.44. The van der Waals surface area contributed by atoms with Crippen molar-refractivity contribution in [2.24, 2.45) is 0 Å². The highest BCUT2D eigenvalue weighted by Crippen LogP contribution is 2.25. The standard InChI is InChI=1S/C13H11BrN4/c14-9-3-1-2-4-10(9)16-13-17-11-6-5-8(15)7-12(11)18-13/h1-7H,15H2,(H2,16,17,18). The van der Waals surface area contributed by atoms with Crippen LogP contribution in [0.25, 0.3) is 11.0 Å². The monoisotopic (exact) mass is 302 g/mol. The molecule has 0 bridgehead atoms. The van der Waals surface area contributed by atoms with Crippen molar-refractivity contribution in [3.8, 4) is 0 Å². The van der Waals surface area contributed by atoms with E-state index in [1.807, 2.05) is 42.5 Å². The summed E-state index contributed by atoms with van der Waals surface area (Å²) in [4.78, 5) is 7.64. The van der Waals surface area contributed by atoms with Crippen LogP contribution >= 0.6 is 15.9 Å². The van der Waals surface area contributed by atoms with Crippen LogP contribution in [0.15, 0.2) is 46.9 Å². The average Bonchev–Trinajstić information content (AvgIpc) is 2.73. The lowest BCUT2D eigenvalue weighted by molar-refractivity contribution is 1.31. The Balaban J connectivity index is 1.98. The number of benzene rings is 2. The minimum atomic E-state index is 0.697. The van der Waals surface area contributed by atoms with E-state index in [4.69, 9.17) is 5.73 Å². The van der Waals surface area contributed by atoms with Gasteiger partial charge in [0.25, 0.3) is 0 Å². The van der Waals surface area contributed by atoms with Crippen LogP contribution in [0.3, 0.4) is 0 Å². The van der Waals surface area contributed by atoms with Gasteiger partial charge in [-0.25, -0.2) is 4.98 Å². The number of para-hydroxylation sites is 1. The van der Waals surface area contributed by atoms with Crippen LogP contribution in [0.1, 0.15) is 0 Å². The van der Waals surface area contributed by atoms with Crippen LogP contribution in [0.2, 0.25) is 0 Å². The summed E-state index contributed by atoms with van der Waals surface area (Å²) in [6.07, 6.45) is 0. The molecule has 0 atom stereocenters. The maximum absolute atomic E-state index is 5.73. The first kappa shape index (κ1) is 11.1.